The molecule has 5 heterocycles. The third kappa shape index (κ3) is 9.05. The van der Waals surface area contributed by atoms with Crippen LogP contribution in [0.1, 0.15) is 79.3 Å². The first-order valence-corrected chi connectivity index (χ1v) is 25.1. The Morgan fingerprint density at radius 1 is 0.930 bits per heavy atom. The molecule has 10 rings (SSSR count). The first kappa shape index (κ1) is 48.3. The van der Waals surface area contributed by atoms with Crippen molar-refractivity contribution in [2.75, 3.05) is 75.8 Å². The van der Waals surface area contributed by atoms with Gasteiger partial charge in [0.15, 0.2) is 17.2 Å². The van der Waals surface area contributed by atoms with E-state index in [1.807, 2.05) is 62.5 Å². The average Bonchev–Trinajstić information content (AvgIpc) is 3.86. The molecule has 2 unspecified atom stereocenters. The van der Waals surface area contributed by atoms with Crippen molar-refractivity contribution in [3.05, 3.63) is 100 Å². The largest absolute Gasteiger partial charge is 0.494 e. The molecular weight excluding hydrogens is 932 g/mol. The summed E-state index contributed by atoms with van der Waals surface area (Å²) in [4.78, 5) is 64.3. The molecule has 4 fully saturated rings. The molecule has 0 spiro atoms. The van der Waals surface area contributed by atoms with Gasteiger partial charge in [-0.1, -0.05) is 48.9 Å². The van der Waals surface area contributed by atoms with Gasteiger partial charge in [0.1, 0.15) is 11.6 Å². The zero-order valence-electron chi connectivity index (χ0n) is 40.3. The number of carbonyl (C=O) groups excluding carboxylic acids is 4. The number of aryl methyl sites for hydroxylation is 1. The van der Waals surface area contributed by atoms with Crippen molar-refractivity contribution in [2.24, 2.45) is 24.6 Å². The standard InChI is InChI=1S/C53H60ClF2N9O6/c1-31-44-42(28-38(55)47(54)46(44)45-37(49(57)67)14-16-41(70-3)48(45)56)71-53(31,34-7-5-4-6-8-34)30-58-35-11-9-33(10-12-35)50(68)63-20-17-32(18-21-63)29-62-23-25-64(26-24-62)51-59-39-15-13-36(27-40(39)61(51)2)65-22-19-43(66)60-52(65)69/h4-8,13-16,27-28,31-33,35,58H,9-12,17-26,29-30H2,1-3H3,(H2,57,67)(H,60,66,69). The second-order valence-corrected chi connectivity index (χ2v) is 20.2. The number of primary amides is 1. The molecule has 374 valence electrons. The number of hydrogen-bond donors (Lipinski definition) is 3. The van der Waals surface area contributed by atoms with E-state index in [1.54, 1.807) is 4.90 Å². The van der Waals surface area contributed by atoms with E-state index in [2.05, 4.69) is 29.9 Å². The second kappa shape index (κ2) is 19.7. The first-order chi connectivity index (χ1) is 34.2. The van der Waals surface area contributed by atoms with Crippen molar-refractivity contribution < 1.29 is 37.4 Å². The van der Waals surface area contributed by atoms with Crippen LogP contribution in [0.4, 0.5) is 25.2 Å². The summed E-state index contributed by atoms with van der Waals surface area (Å²) in [6.45, 7) is 8.69. The number of likely N-dealkylation sites (tertiary alicyclic amines) is 1. The Hall–Kier alpha value is -6.30. The van der Waals surface area contributed by atoms with Crippen LogP contribution in [0.5, 0.6) is 11.5 Å². The van der Waals surface area contributed by atoms with Crippen LogP contribution in [-0.2, 0) is 22.2 Å². The van der Waals surface area contributed by atoms with Crippen molar-refractivity contribution >= 4 is 58.0 Å². The van der Waals surface area contributed by atoms with E-state index >= 15 is 8.78 Å². The smallest absolute Gasteiger partial charge is 0.328 e. The lowest BCUT2D eigenvalue weighted by atomic mass is 9.77. The maximum Gasteiger partial charge on any atom is 0.328 e. The van der Waals surface area contributed by atoms with Crippen molar-refractivity contribution in [3.8, 4) is 22.6 Å². The van der Waals surface area contributed by atoms with Crippen LogP contribution in [0, 0.1) is 23.5 Å². The zero-order chi connectivity index (χ0) is 49.7. The van der Waals surface area contributed by atoms with E-state index in [4.69, 9.17) is 31.8 Å². The molecule has 4 aromatic carbocycles. The van der Waals surface area contributed by atoms with Gasteiger partial charge in [0.25, 0.3) is 0 Å². The molecule has 2 atom stereocenters. The molecule has 71 heavy (non-hydrogen) atoms. The molecule has 5 aliphatic rings. The lowest BCUT2D eigenvalue weighted by molar-refractivity contribution is -0.138. The number of imide groups is 1. The Morgan fingerprint density at radius 3 is 2.35 bits per heavy atom. The summed E-state index contributed by atoms with van der Waals surface area (Å²) in [5, 5.41) is 5.80. The minimum Gasteiger partial charge on any atom is -0.494 e. The predicted octanol–water partition coefficient (Wildman–Crippen LogP) is 7.33. The Labute approximate surface area is 416 Å². The lowest BCUT2D eigenvalue weighted by Crippen LogP contribution is -2.50. The van der Waals surface area contributed by atoms with E-state index in [1.165, 1.54) is 25.3 Å². The average molecular weight is 993 g/mol. The van der Waals surface area contributed by atoms with Gasteiger partial charge >= 0.3 is 6.03 Å². The molecule has 1 saturated carbocycles. The summed E-state index contributed by atoms with van der Waals surface area (Å²) < 4.78 is 46.2. The highest BCUT2D eigenvalue weighted by Crippen LogP contribution is 2.56. The number of urea groups is 1. The number of ether oxygens (including phenoxy) is 2. The number of benzene rings is 4. The second-order valence-electron chi connectivity index (χ2n) is 19.8. The highest BCUT2D eigenvalue weighted by molar-refractivity contribution is 6.34. The van der Waals surface area contributed by atoms with Crippen molar-refractivity contribution in [3.63, 3.8) is 0 Å². The van der Waals surface area contributed by atoms with Gasteiger partial charge in [0.05, 0.1) is 28.7 Å². The monoisotopic (exact) mass is 991 g/mol. The Morgan fingerprint density at radius 2 is 1.66 bits per heavy atom. The van der Waals surface area contributed by atoms with Crippen LogP contribution < -0.4 is 35.6 Å². The minimum absolute atomic E-state index is 0.000745. The summed E-state index contributed by atoms with van der Waals surface area (Å²) in [6.07, 6.45) is 5.34. The third-order valence-corrected chi connectivity index (χ3v) is 16.2. The number of fused-ring (bicyclic) bond motifs is 2. The third-order valence-electron chi connectivity index (χ3n) is 15.8. The summed E-state index contributed by atoms with van der Waals surface area (Å²) in [6, 6.07) is 19.0. The first-order valence-electron chi connectivity index (χ1n) is 24.7. The number of piperidine rings is 1. The fourth-order valence-corrected chi connectivity index (χ4v) is 12.0. The van der Waals surface area contributed by atoms with Crippen molar-refractivity contribution in [2.45, 2.75) is 69.4 Å². The summed E-state index contributed by atoms with van der Waals surface area (Å²) in [7, 11) is 3.31. The van der Waals surface area contributed by atoms with E-state index in [0.717, 1.165) is 113 Å². The van der Waals surface area contributed by atoms with Crippen LogP contribution >= 0.6 is 11.6 Å². The quantitative estimate of drug-likeness (QED) is 0.115. The van der Waals surface area contributed by atoms with Crippen LogP contribution in [0.2, 0.25) is 5.02 Å². The topological polar surface area (TPSA) is 168 Å². The maximum atomic E-state index is 16.2. The number of anilines is 2. The van der Waals surface area contributed by atoms with E-state index in [-0.39, 0.29) is 63.4 Å². The van der Waals surface area contributed by atoms with E-state index in [0.29, 0.717) is 24.6 Å². The fourth-order valence-electron chi connectivity index (χ4n) is 11.7. The molecule has 5 amide bonds. The molecule has 5 aromatic rings. The number of nitrogens with two attached hydrogens (primary N) is 1. The molecule has 0 bridgehead atoms. The van der Waals surface area contributed by atoms with Crippen LogP contribution in [0.25, 0.3) is 22.2 Å². The minimum atomic E-state index is -1.07. The van der Waals surface area contributed by atoms with Gasteiger partial charge in [-0.2, -0.15) is 0 Å². The highest BCUT2D eigenvalue weighted by atomic mass is 35.5. The van der Waals surface area contributed by atoms with Gasteiger partial charge < -0.3 is 34.9 Å². The Balaban J connectivity index is 0.727. The van der Waals surface area contributed by atoms with E-state index in [9.17, 15) is 19.2 Å². The number of aromatic nitrogens is 2. The van der Waals surface area contributed by atoms with Gasteiger partial charge in [-0.05, 0) is 80.3 Å². The Bertz CT molecular complexity index is 2880. The molecule has 15 nitrogen and oxygen atoms in total. The van der Waals surface area contributed by atoms with Gasteiger partial charge in [-0.3, -0.25) is 29.5 Å². The Kier molecular flexibility index (Phi) is 13.4. The van der Waals surface area contributed by atoms with Gasteiger partial charge in [0.2, 0.25) is 23.7 Å². The SMILES string of the molecule is COc1ccc(C(N)=O)c(-c2c(Cl)c(F)cc3c2C(C)C(CNC2CCC(C(=O)N4CCC(CN5CCN(c6nc7ccc(N8CCC(=O)NC8=O)cc7n6C)CC5)CC4)CC2)(c2ccccc2)O3)c1F. The molecule has 4 aliphatic heterocycles. The number of imidazole rings is 1. The summed E-state index contributed by atoms with van der Waals surface area (Å²) >= 11 is 6.70. The molecular formula is C53H60ClF2N9O6. The van der Waals surface area contributed by atoms with Gasteiger partial charge in [0, 0.05) is 119 Å². The zero-order valence-corrected chi connectivity index (χ0v) is 41.1. The molecule has 1 aliphatic carbocycles. The van der Waals surface area contributed by atoms with Crippen molar-refractivity contribution in [1.82, 2.24) is 30.0 Å². The number of rotatable bonds is 12. The van der Waals surface area contributed by atoms with Gasteiger partial charge in [-0.15, -0.1) is 0 Å². The highest BCUT2D eigenvalue weighted by Gasteiger charge is 2.50. The number of nitrogens with zero attached hydrogens (tertiary/aromatic N) is 6. The predicted molar refractivity (Wildman–Crippen MR) is 267 cm³/mol. The molecule has 1 aromatic heterocycles. The fraction of sp³-hybridized carbons (Fsp3) is 0.453. The molecule has 3 saturated heterocycles. The maximum absolute atomic E-state index is 16.2. The number of halogens is 3. The van der Waals surface area contributed by atoms with Gasteiger partial charge in [-0.25, -0.2) is 18.6 Å². The number of hydrogen-bond acceptors (Lipinski definition) is 10. The molecule has 0 radical (unpaired) electrons. The number of piperazine rings is 1. The molecule has 18 heteroatoms. The van der Waals surface area contributed by atoms with Crippen LogP contribution in [-0.4, -0.2) is 115 Å². The normalized spacial score (nSPS) is 23.2. The van der Waals surface area contributed by atoms with E-state index < -0.39 is 35.1 Å². The number of methoxy groups -OCH3 is 1. The van der Waals surface area contributed by atoms with Crippen LogP contribution in [0.15, 0.2) is 66.7 Å². The number of amides is 5. The molecule has 4 N–H and O–H groups in total. The number of nitrogens with one attached hydrogen (secondary N) is 2. The lowest BCUT2D eigenvalue weighted by Gasteiger charge is -2.40. The van der Waals surface area contributed by atoms with Crippen LogP contribution in [0.3, 0.4) is 0 Å². The number of carbonyl (C=O) groups is 4. The summed E-state index contributed by atoms with van der Waals surface area (Å²) in [5.41, 5.74) is 8.08. The van der Waals surface area contributed by atoms with Crippen molar-refractivity contribution in [1.29, 1.82) is 0 Å². The summed E-state index contributed by atoms with van der Waals surface area (Å²) in [5.74, 6) is -1.71.